The molecule has 1 heterocycles. The summed E-state index contributed by atoms with van der Waals surface area (Å²) >= 11 is 0. The van der Waals surface area contributed by atoms with Gasteiger partial charge >= 0.3 is 0 Å². The van der Waals surface area contributed by atoms with E-state index in [0.29, 0.717) is 36.8 Å². The standard InChI is InChI=1S/C28H30N2O4/c1-2-34-27-13-12-24(19-25(27)29-28(32)20-30-14-16-33-17-15-30)26(31)18-21-8-10-23(11-9-21)22-6-4-3-5-7-22/h3-13,19H,2,14-18,20H2,1H3,(H,29,32). The molecular formula is C28H30N2O4. The number of carbonyl (C=O) groups excluding carboxylic acids is 2. The number of hydrogen-bond donors (Lipinski definition) is 1. The Morgan fingerprint density at radius 2 is 1.65 bits per heavy atom. The summed E-state index contributed by atoms with van der Waals surface area (Å²) in [6, 6.07) is 23.4. The molecule has 0 spiro atoms. The fourth-order valence-electron chi connectivity index (χ4n) is 3.97. The Hall–Kier alpha value is -3.48. The average Bonchev–Trinajstić information content (AvgIpc) is 2.87. The van der Waals surface area contributed by atoms with Crippen molar-refractivity contribution in [3.05, 3.63) is 83.9 Å². The number of morpholine rings is 1. The number of ether oxygens (including phenoxy) is 2. The second-order valence-electron chi connectivity index (χ2n) is 8.24. The minimum atomic E-state index is -0.135. The summed E-state index contributed by atoms with van der Waals surface area (Å²) in [7, 11) is 0. The molecule has 4 rings (SSSR count). The summed E-state index contributed by atoms with van der Waals surface area (Å²) in [5.41, 5.74) is 4.26. The van der Waals surface area contributed by atoms with Gasteiger partial charge in [-0.1, -0.05) is 54.6 Å². The van der Waals surface area contributed by atoms with Gasteiger partial charge in [0, 0.05) is 25.1 Å². The van der Waals surface area contributed by atoms with Crippen molar-refractivity contribution < 1.29 is 19.1 Å². The van der Waals surface area contributed by atoms with E-state index < -0.39 is 0 Å². The zero-order valence-electron chi connectivity index (χ0n) is 19.5. The molecule has 1 amide bonds. The molecule has 6 heteroatoms. The van der Waals surface area contributed by atoms with Crippen LogP contribution in [0.5, 0.6) is 5.75 Å². The number of carbonyl (C=O) groups is 2. The fourth-order valence-corrected chi connectivity index (χ4v) is 3.97. The van der Waals surface area contributed by atoms with Gasteiger partial charge in [-0.3, -0.25) is 14.5 Å². The van der Waals surface area contributed by atoms with E-state index in [2.05, 4.69) is 17.4 Å². The van der Waals surface area contributed by atoms with Crippen molar-refractivity contribution in [3.63, 3.8) is 0 Å². The maximum atomic E-state index is 13.0. The lowest BCUT2D eigenvalue weighted by molar-refractivity contribution is -0.118. The molecule has 1 N–H and O–H groups in total. The van der Waals surface area contributed by atoms with Crippen LogP contribution in [0.3, 0.4) is 0 Å². The molecule has 0 bridgehead atoms. The third-order valence-electron chi connectivity index (χ3n) is 5.77. The number of nitrogens with zero attached hydrogens (tertiary/aromatic N) is 1. The Balaban J connectivity index is 1.44. The van der Waals surface area contributed by atoms with Gasteiger partial charge in [0.25, 0.3) is 0 Å². The highest BCUT2D eigenvalue weighted by molar-refractivity contribution is 6.00. The van der Waals surface area contributed by atoms with Gasteiger partial charge in [-0.15, -0.1) is 0 Å². The van der Waals surface area contributed by atoms with E-state index in [1.165, 1.54) is 0 Å². The lowest BCUT2D eigenvalue weighted by Crippen LogP contribution is -2.41. The molecule has 0 atom stereocenters. The molecule has 176 valence electrons. The van der Waals surface area contributed by atoms with Crippen molar-refractivity contribution >= 4 is 17.4 Å². The van der Waals surface area contributed by atoms with Crippen LogP contribution in [0.2, 0.25) is 0 Å². The second kappa shape index (κ2) is 11.6. The quantitative estimate of drug-likeness (QED) is 0.480. The number of hydrogen-bond acceptors (Lipinski definition) is 5. The molecule has 0 radical (unpaired) electrons. The number of Topliss-reactive ketones (excluding diaryl/α,β-unsaturated/α-hetero) is 1. The van der Waals surface area contributed by atoms with E-state index in [0.717, 1.165) is 29.8 Å². The monoisotopic (exact) mass is 458 g/mol. The summed E-state index contributed by atoms with van der Waals surface area (Å²) in [4.78, 5) is 27.7. The van der Waals surface area contributed by atoms with Crippen molar-refractivity contribution in [2.75, 3.05) is 44.8 Å². The first-order valence-corrected chi connectivity index (χ1v) is 11.7. The lowest BCUT2D eigenvalue weighted by Gasteiger charge is -2.26. The van der Waals surface area contributed by atoms with Crippen LogP contribution in [0.4, 0.5) is 5.69 Å². The summed E-state index contributed by atoms with van der Waals surface area (Å²) < 4.78 is 11.0. The van der Waals surface area contributed by atoms with Gasteiger partial charge in [0.2, 0.25) is 5.91 Å². The summed E-state index contributed by atoms with van der Waals surface area (Å²) in [6.07, 6.45) is 0.282. The SMILES string of the molecule is CCOc1ccc(C(=O)Cc2ccc(-c3ccccc3)cc2)cc1NC(=O)CN1CCOCC1. The van der Waals surface area contributed by atoms with Gasteiger partial charge < -0.3 is 14.8 Å². The zero-order chi connectivity index (χ0) is 23.8. The van der Waals surface area contributed by atoms with E-state index in [1.807, 2.05) is 54.3 Å². The van der Waals surface area contributed by atoms with Crippen LogP contribution in [0.15, 0.2) is 72.8 Å². The van der Waals surface area contributed by atoms with E-state index in [1.54, 1.807) is 18.2 Å². The summed E-state index contributed by atoms with van der Waals surface area (Å²) in [5, 5.41) is 2.93. The zero-order valence-corrected chi connectivity index (χ0v) is 19.5. The van der Waals surface area contributed by atoms with Crippen LogP contribution in [-0.4, -0.2) is 56.0 Å². The first-order chi connectivity index (χ1) is 16.6. The second-order valence-corrected chi connectivity index (χ2v) is 8.24. The third-order valence-corrected chi connectivity index (χ3v) is 5.77. The highest BCUT2D eigenvalue weighted by atomic mass is 16.5. The smallest absolute Gasteiger partial charge is 0.238 e. The van der Waals surface area contributed by atoms with Gasteiger partial charge in [-0.05, 0) is 41.8 Å². The summed E-state index contributed by atoms with van der Waals surface area (Å²) in [6.45, 7) is 5.36. The van der Waals surface area contributed by atoms with Crippen molar-refractivity contribution in [3.8, 4) is 16.9 Å². The van der Waals surface area contributed by atoms with Gasteiger partial charge in [0.1, 0.15) is 5.75 Å². The van der Waals surface area contributed by atoms with Crippen LogP contribution < -0.4 is 10.1 Å². The molecule has 1 fully saturated rings. The number of anilines is 1. The van der Waals surface area contributed by atoms with Crippen LogP contribution in [0, 0.1) is 0 Å². The first-order valence-electron chi connectivity index (χ1n) is 11.7. The number of benzene rings is 3. The van der Waals surface area contributed by atoms with Crippen molar-refractivity contribution in [2.24, 2.45) is 0 Å². The topological polar surface area (TPSA) is 67.9 Å². The Labute approximate surface area is 200 Å². The minimum absolute atomic E-state index is 0.0146. The average molecular weight is 459 g/mol. The molecule has 1 aliphatic heterocycles. The molecule has 3 aromatic carbocycles. The normalized spacial score (nSPS) is 13.9. The first kappa shape index (κ1) is 23.7. The molecule has 0 aromatic heterocycles. The predicted molar refractivity (Wildman–Crippen MR) is 133 cm³/mol. The molecule has 0 aliphatic carbocycles. The van der Waals surface area contributed by atoms with E-state index >= 15 is 0 Å². The molecule has 1 saturated heterocycles. The maximum absolute atomic E-state index is 13.0. The highest BCUT2D eigenvalue weighted by Gasteiger charge is 2.17. The van der Waals surface area contributed by atoms with Crippen LogP contribution >= 0.6 is 0 Å². The van der Waals surface area contributed by atoms with Crippen molar-refractivity contribution in [2.45, 2.75) is 13.3 Å². The number of ketones is 1. The van der Waals surface area contributed by atoms with Crippen LogP contribution in [0.25, 0.3) is 11.1 Å². The van der Waals surface area contributed by atoms with Crippen molar-refractivity contribution in [1.82, 2.24) is 4.90 Å². The third kappa shape index (κ3) is 6.31. The van der Waals surface area contributed by atoms with Gasteiger partial charge in [-0.2, -0.15) is 0 Å². The van der Waals surface area contributed by atoms with Gasteiger partial charge in [0.05, 0.1) is 32.1 Å². The Kier molecular flexibility index (Phi) is 8.07. The van der Waals surface area contributed by atoms with Crippen LogP contribution in [0.1, 0.15) is 22.8 Å². The fraction of sp³-hybridized carbons (Fsp3) is 0.286. The largest absolute Gasteiger partial charge is 0.492 e. The highest BCUT2D eigenvalue weighted by Crippen LogP contribution is 2.27. The van der Waals surface area contributed by atoms with E-state index in [9.17, 15) is 9.59 Å². The molecular weight excluding hydrogens is 428 g/mol. The molecule has 0 saturated carbocycles. The van der Waals surface area contributed by atoms with Crippen LogP contribution in [-0.2, 0) is 16.0 Å². The molecule has 34 heavy (non-hydrogen) atoms. The Morgan fingerprint density at radius 3 is 2.35 bits per heavy atom. The molecule has 1 aliphatic rings. The minimum Gasteiger partial charge on any atom is -0.492 e. The predicted octanol–water partition coefficient (Wildman–Crippen LogP) is 4.45. The van der Waals surface area contributed by atoms with E-state index in [4.69, 9.17) is 9.47 Å². The van der Waals surface area contributed by atoms with Crippen molar-refractivity contribution in [1.29, 1.82) is 0 Å². The molecule has 3 aromatic rings. The Morgan fingerprint density at radius 1 is 0.941 bits per heavy atom. The van der Waals surface area contributed by atoms with Gasteiger partial charge in [0.15, 0.2) is 5.78 Å². The summed E-state index contributed by atoms with van der Waals surface area (Å²) in [5.74, 6) is 0.407. The van der Waals surface area contributed by atoms with Gasteiger partial charge in [-0.25, -0.2) is 0 Å². The molecule has 0 unspecified atom stereocenters. The van der Waals surface area contributed by atoms with E-state index in [-0.39, 0.29) is 24.7 Å². The maximum Gasteiger partial charge on any atom is 0.238 e. The lowest BCUT2D eigenvalue weighted by atomic mass is 9.99. The number of nitrogens with one attached hydrogen (secondary N) is 1. The number of amides is 1. The number of rotatable bonds is 9. The molecule has 6 nitrogen and oxygen atoms in total. The Bertz CT molecular complexity index is 1110.